The van der Waals surface area contributed by atoms with E-state index in [4.69, 9.17) is 5.73 Å². The Morgan fingerprint density at radius 1 is 1.00 bits per heavy atom. The number of alkyl halides is 3. The van der Waals surface area contributed by atoms with Crippen LogP contribution >= 0.6 is 12.4 Å². The van der Waals surface area contributed by atoms with Gasteiger partial charge >= 0.3 is 6.18 Å². The molecule has 0 saturated carbocycles. The third kappa shape index (κ3) is 6.76. The average Bonchev–Trinajstić information content (AvgIpc) is 2.61. The van der Waals surface area contributed by atoms with Crippen LogP contribution in [0.5, 0.6) is 0 Å². The molecule has 0 aliphatic heterocycles. The summed E-state index contributed by atoms with van der Waals surface area (Å²) < 4.78 is 38.4. The molecular weight excluding hydrogens is 407 g/mol. The standard InChI is InChI=1S/C20H22F3N3O2.ClH/c1-3-10-19(2,24)18(28)26-16-9-5-8-15(12-16)25-17(27)13-6-4-7-14(11-13)20(21,22)23;/h4-9,11-12H,3,10,24H2,1-2H3,(H,25,27)(H,26,28);1H. The second-order valence-electron chi connectivity index (χ2n) is 6.74. The normalized spacial score (nSPS) is 13.0. The molecule has 2 rings (SSSR count). The Morgan fingerprint density at radius 3 is 2.17 bits per heavy atom. The first kappa shape index (κ1) is 24.5. The summed E-state index contributed by atoms with van der Waals surface area (Å²) in [5, 5.41) is 5.21. The van der Waals surface area contributed by atoms with Crippen LogP contribution in [0.3, 0.4) is 0 Å². The highest BCUT2D eigenvalue weighted by molar-refractivity contribution is 6.05. The Kier molecular flexibility index (Phi) is 8.23. The van der Waals surface area contributed by atoms with Crippen LogP contribution in [-0.4, -0.2) is 17.4 Å². The molecule has 5 nitrogen and oxygen atoms in total. The monoisotopic (exact) mass is 429 g/mol. The molecule has 158 valence electrons. The zero-order valence-corrected chi connectivity index (χ0v) is 16.8. The summed E-state index contributed by atoms with van der Waals surface area (Å²) in [5.41, 5.74) is 4.67. The van der Waals surface area contributed by atoms with Gasteiger partial charge in [-0.25, -0.2) is 0 Å². The number of nitrogens with one attached hydrogen (secondary N) is 2. The maximum absolute atomic E-state index is 12.8. The molecule has 0 bridgehead atoms. The highest BCUT2D eigenvalue weighted by Crippen LogP contribution is 2.29. The van der Waals surface area contributed by atoms with Gasteiger partial charge in [-0.3, -0.25) is 9.59 Å². The van der Waals surface area contributed by atoms with Crippen molar-refractivity contribution in [2.24, 2.45) is 5.73 Å². The summed E-state index contributed by atoms with van der Waals surface area (Å²) in [6, 6.07) is 10.4. The zero-order valence-electron chi connectivity index (χ0n) is 16.0. The van der Waals surface area contributed by atoms with E-state index in [1.807, 2.05) is 6.92 Å². The molecule has 2 amide bonds. The van der Waals surface area contributed by atoms with E-state index in [-0.39, 0.29) is 23.9 Å². The van der Waals surface area contributed by atoms with Gasteiger partial charge in [0.25, 0.3) is 5.91 Å². The molecule has 9 heteroatoms. The minimum absolute atomic E-state index is 0. The van der Waals surface area contributed by atoms with Crippen LogP contribution < -0.4 is 16.4 Å². The lowest BCUT2D eigenvalue weighted by Gasteiger charge is -2.23. The largest absolute Gasteiger partial charge is 0.416 e. The quantitative estimate of drug-likeness (QED) is 0.614. The topological polar surface area (TPSA) is 84.2 Å². The molecule has 1 unspecified atom stereocenters. The molecular formula is C20H23ClF3N3O2. The Bertz CT molecular complexity index is 870. The Hall–Kier alpha value is -2.58. The summed E-state index contributed by atoms with van der Waals surface area (Å²) >= 11 is 0. The summed E-state index contributed by atoms with van der Waals surface area (Å²) in [6.45, 7) is 3.55. The smallest absolute Gasteiger partial charge is 0.324 e. The molecule has 0 fully saturated rings. The number of amides is 2. The van der Waals surface area contributed by atoms with Crippen molar-refractivity contribution in [3.63, 3.8) is 0 Å². The third-order valence-corrected chi connectivity index (χ3v) is 4.12. The maximum atomic E-state index is 12.8. The van der Waals surface area contributed by atoms with Gasteiger partial charge in [0.1, 0.15) is 0 Å². The van der Waals surface area contributed by atoms with Crippen molar-refractivity contribution in [1.82, 2.24) is 0 Å². The van der Waals surface area contributed by atoms with E-state index in [9.17, 15) is 22.8 Å². The van der Waals surface area contributed by atoms with Gasteiger partial charge in [-0.05, 0) is 49.7 Å². The molecule has 0 aliphatic carbocycles. The number of anilines is 2. The molecule has 0 aromatic heterocycles. The third-order valence-electron chi connectivity index (χ3n) is 4.12. The van der Waals surface area contributed by atoms with Crippen LogP contribution in [0.15, 0.2) is 48.5 Å². The Labute approximate surface area is 173 Å². The van der Waals surface area contributed by atoms with Crippen LogP contribution in [0.1, 0.15) is 42.6 Å². The van der Waals surface area contributed by atoms with Gasteiger partial charge in [0.15, 0.2) is 0 Å². The molecule has 0 radical (unpaired) electrons. The zero-order chi connectivity index (χ0) is 20.9. The van der Waals surface area contributed by atoms with E-state index in [1.54, 1.807) is 25.1 Å². The molecule has 0 saturated heterocycles. The Balaban J connectivity index is 0.00000420. The number of benzene rings is 2. The fourth-order valence-electron chi connectivity index (χ4n) is 2.62. The van der Waals surface area contributed by atoms with Gasteiger partial charge < -0.3 is 16.4 Å². The van der Waals surface area contributed by atoms with Crippen molar-refractivity contribution in [2.45, 2.75) is 38.4 Å². The van der Waals surface area contributed by atoms with Gasteiger partial charge in [-0.1, -0.05) is 25.5 Å². The molecule has 0 aliphatic rings. The van der Waals surface area contributed by atoms with E-state index < -0.39 is 23.2 Å². The van der Waals surface area contributed by atoms with E-state index in [0.717, 1.165) is 18.6 Å². The molecule has 2 aromatic carbocycles. The lowest BCUT2D eigenvalue weighted by Crippen LogP contribution is -2.48. The average molecular weight is 430 g/mol. The lowest BCUT2D eigenvalue weighted by molar-refractivity contribution is -0.137. The number of carbonyl (C=O) groups excluding carboxylic acids is 2. The SMILES string of the molecule is CCCC(C)(N)C(=O)Nc1cccc(NC(=O)c2cccc(C(F)(F)F)c2)c1.Cl. The highest BCUT2D eigenvalue weighted by Gasteiger charge is 2.31. The van der Waals surface area contributed by atoms with Crippen LogP contribution in [-0.2, 0) is 11.0 Å². The first-order chi connectivity index (χ1) is 13.0. The second-order valence-corrected chi connectivity index (χ2v) is 6.74. The van der Waals surface area contributed by atoms with Crippen molar-refractivity contribution in [3.8, 4) is 0 Å². The van der Waals surface area contributed by atoms with Crippen LogP contribution in [0.4, 0.5) is 24.5 Å². The fraction of sp³-hybridized carbons (Fsp3) is 0.300. The number of hydrogen-bond acceptors (Lipinski definition) is 3. The first-order valence-corrected chi connectivity index (χ1v) is 8.72. The second kappa shape index (κ2) is 9.76. The van der Waals surface area contributed by atoms with E-state index in [0.29, 0.717) is 17.8 Å². The number of carbonyl (C=O) groups is 2. The summed E-state index contributed by atoms with van der Waals surface area (Å²) in [7, 11) is 0. The van der Waals surface area contributed by atoms with Crippen LogP contribution in [0.2, 0.25) is 0 Å². The highest BCUT2D eigenvalue weighted by atomic mass is 35.5. The van der Waals surface area contributed by atoms with Crippen molar-refractivity contribution >= 4 is 35.6 Å². The van der Waals surface area contributed by atoms with Crippen LogP contribution in [0.25, 0.3) is 0 Å². The molecule has 4 N–H and O–H groups in total. The summed E-state index contributed by atoms with van der Waals surface area (Å²) in [4.78, 5) is 24.6. The first-order valence-electron chi connectivity index (χ1n) is 8.72. The van der Waals surface area contributed by atoms with Gasteiger partial charge in [-0.2, -0.15) is 13.2 Å². The predicted molar refractivity (Wildman–Crippen MR) is 109 cm³/mol. The lowest BCUT2D eigenvalue weighted by atomic mass is 9.96. The summed E-state index contributed by atoms with van der Waals surface area (Å²) in [6.07, 6.45) is -3.29. The van der Waals surface area contributed by atoms with E-state index in [1.165, 1.54) is 18.2 Å². The summed E-state index contributed by atoms with van der Waals surface area (Å²) in [5.74, 6) is -1.06. The van der Waals surface area contributed by atoms with Gasteiger partial charge in [0.2, 0.25) is 5.91 Å². The van der Waals surface area contributed by atoms with Crippen molar-refractivity contribution < 1.29 is 22.8 Å². The predicted octanol–water partition coefficient (Wildman–Crippen LogP) is 4.84. The number of halogens is 4. The van der Waals surface area contributed by atoms with Gasteiger partial charge in [0.05, 0.1) is 11.1 Å². The molecule has 0 heterocycles. The van der Waals surface area contributed by atoms with Crippen molar-refractivity contribution in [2.75, 3.05) is 10.6 Å². The fourth-order valence-corrected chi connectivity index (χ4v) is 2.62. The van der Waals surface area contributed by atoms with E-state index in [2.05, 4.69) is 10.6 Å². The van der Waals surface area contributed by atoms with E-state index >= 15 is 0 Å². The van der Waals surface area contributed by atoms with Gasteiger partial charge in [0, 0.05) is 16.9 Å². The van der Waals surface area contributed by atoms with Gasteiger partial charge in [-0.15, -0.1) is 12.4 Å². The number of hydrogen-bond donors (Lipinski definition) is 3. The Morgan fingerprint density at radius 2 is 1.59 bits per heavy atom. The minimum atomic E-state index is -4.53. The number of rotatable bonds is 6. The molecule has 1 atom stereocenters. The molecule has 2 aromatic rings. The maximum Gasteiger partial charge on any atom is 0.416 e. The number of nitrogens with two attached hydrogens (primary N) is 1. The molecule has 29 heavy (non-hydrogen) atoms. The minimum Gasteiger partial charge on any atom is -0.324 e. The van der Waals surface area contributed by atoms with Crippen molar-refractivity contribution in [3.05, 3.63) is 59.7 Å². The molecule has 0 spiro atoms. The van der Waals surface area contributed by atoms with Crippen molar-refractivity contribution in [1.29, 1.82) is 0 Å². The van der Waals surface area contributed by atoms with Crippen LogP contribution in [0, 0.1) is 0 Å².